The summed E-state index contributed by atoms with van der Waals surface area (Å²) in [7, 11) is 3.75. The van der Waals surface area contributed by atoms with Gasteiger partial charge in [0.25, 0.3) is 0 Å². The smallest absolute Gasteiger partial charge is 0.317 e. The molecule has 1 aromatic carbocycles. The molecule has 0 bridgehead atoms. The van der Waals surface area contributed by atoms with Gasteiger partial charge in [0.1, 0.15) is 6.29 Å². The van der Waals surface area contributed by atoms with Gasteiger partial charge in [0.2, 0.25) is 6.41 Å². The Bertz CT molecular complexity index is 746. The fourth-order valence-electron chi connectivity index (χ4n) is 3.34. The summed E-state index contributed by atoms with van der Waals surface area (Å²) >= 11 is 0. The van der Waals surface area contributed by atoms with E-state index in [1.807, 2.05) is 40.1 Å². The van der Waals surface area contributed by atoms with Gasteiger partial charge in [0.05, 0.1) is 13.1 Å². The van der Waals surface area contributed by atoms with E-state index in [0.717, 1.165) is 18.4 Å². The summed E-state index contributed by atoms with van der Waals surface area (Å²) in [6.45, 7) is 7.22. The van der Waals surface area contributed by atoms with Crippen molar-refractivity contribution in [1.82, 2.24) is 20.0 Å². The van der Waals surface area contributed by atoms with Crippen molar-refractivity contribution in [3.05, 3.63) is 29.8 Å². The van der Waals surface area contributed by atoms with Gasteiger partial charge in [-0.3, -0.25) is 29.0 Å². The van der Waals surface area contributed by atoms with Crippen LogP contribution in [0.15, 0.2) is 24.3 Å². The number of amides is 1. The highest BCUT2D eigenvalue weighted by molar-refractivity contribution is 5.75. The summed E-state index contributed by atoms with van der Waals surface area (Å²) in [5, 5.41) is 21.1. The highest BCUT2D eigenvalue weighted by Crippen LogP contribution is 2.15. The van der Waals surface area contributed by atoms with Gasteiger partial charge in [0.15, 0.2) is 0 Å². The Hall–Kier alpha value is -3.02. The van der Waals surface area contributed by atoms with Crippen LogP contribution in [0.2, 0.25) is 0 Å². The highest BCUT2D eigenvalue weighted by Gasteiger charge is 2.18. The fourth-order valence-corrected chi connectivity index (χ4v) is 3.34. The van der Waals surface area contributed by atoms with E-state index < -0.39 is 11.9 Å². The predicted molar refractivity (Wildman–Crippen MR) is 136 cm³/mol. The first-order chi connectivity index (χ1) is 16.8. The number of anilines is 1. The van der Waals surface area contributed by atoms with Gasteiger partial charge >= 0.3 is 11.9 Å². The Morgan fingerprint density at radius 3 is 1.63 bits per heavy atom. The normalized spacial score (nSPS) is 15.8. The standard InChI is InChI=1S/C20H28N4O6.C2H7N.C2H6/c25-15-17-1-3-18(4-2-17)24-11-9-22(14-20(29)30)6-5-21(13-19(27)28)7-8-23(16-26)10-12-24;1-3-2;1-2/h1-4,15-16H,5-14H2,(H,27,28)(H,29,30);3H,1-2H3;1-2H3. The van der Waals surface area contributed by atoms with E-state index in [9.17, 15) is 24.3 Å². The van der Waals surface area contributed by atoms with Crippen molar-refractivity contribution in [2.24, 2.45) is 0 Å². The Kier molecular flexibility index (Phi) is 17.6. The van der Waals surface area contributed by atoms with E-state index in [2.05, 4.69) is 10.2 Å². The summed E-state index contributed by atoms with van der Waals surface area (Å²) in [4.78, 5) is 51.9. The van der Waals surface area contributed by atoms with Gasteiger partial charge in [-0.2, -0.15) is 0 Å². The first-order valence-electron chi connectivity index (χ1n) is 11.8. The van der Waals surface area contributed by atoms with Crippen LogP contribution >= 0.6 is 0 Å². The minimum atomic E-state index is -0.963. The van der Waals surface area contributed by atoms with Crippen LogP contribution in [0.1, 0.15) is 24.2 Å². The molecule has 1 fully saturated rings. The molecule has 0 aromatic heterocycles. The second-order valence-electron chi connectivity index (χ2n) is 7.68. The maximum absolute atomic E-state index is 11.5. The third-order valence-corrected chi connectivity index (χ3v) is 5.04. The highest BCUT2D eigenvalue weighted by atomic mass is 16.4. The average Bonchev–Trinajstić information content (AvgIpc) is 2.84. The molecule has 1 amide bonds. The van der Waals surface area contributed by atoms with Crippen LogP contribution < -0.4 is 10.2 Å². The van der Waals surface area contributed by atoms with Gasteiger partial charge < -0.3 is 25.3 Å². The lowest BCUT2D eigenvalue weighted by Gasteiger charge is -2.33. The van der Waals surface area contributed by atoms with Crippen LogP contribution in [0.25, 0.3) is 0 Å². The maximum atomic E-state index is 11.5. The Morgan fingerprint density at radius 2 is 1.20 bits per heavy atom. The molecular formula is C24H41N5O6. The summed E-state index contributed by atoms with van der Waals surface area (Å²) in [5.74, 6) is -1.91. The number of benzene rings is 1. The van der Waals surface area contributed by atoms with E-state index in [1.54, 1.807) is 26.8 Å². The number of nitrogens with zero attached hydrogens (tertiary/aromatic N) is 4. The van der Waals surface area contributed by atoms with Gasteiger partial charge in [-0.1, -0.05) is 13.8 Å². The lowest BCUT2D eigenvalue weighted by Crippen LogP contribution is -2.47. The number of carbonyl (C=O) groups is 4. The number of hydrogen-bond acceptors (Lipinski definition) is 8. The Labute approximate surface area is 208 Å². The first-order valence-corrected chi connectivity index (χ1v) is 11.8. The van der Waals surface area contributed by atoms with Gasteiger partial charge in [-0.05, 0) is 38.4 Å². The van der Waals surface area contributed by atoms with Crippen molar-refractivity contribution in [1.29, 1.82) is 0 Å². The molecule has 1 aromatic rings. The maximum Gasteiger partial charge on any atom is 0.317 e. The Morgan fingerprint density at radius 1 is 0.800 bits per heavy atom. The molecule has 1 saturated heterocycles. The quantitative estimate of drug-likeness (QED) is 0.457. The largest absolute Gasteiger partial charge is 0.480 e. The number of rotatable bonds is 7. The zero-order valence-electron chi connectivity index (χ0n) is 21.4. The molecule has 1 aliphatic rings. The number of nitrogens with one attached hydrogen (secondary N) is 1. The second-order valence-corrected chi connectivity index (χ2v) is 7.68. The van der Waals surface area contributed by atoms with Crippen LogP contribution in [0.3, 0.4) is 0 Å². The Balaban J connectivity index is 0.00000214. The molecule has 1 aliphatic heterocycles. The molecule has 11 heteroatoms. The topological polar surface area (TPSA) is 134 Å². The zero-order chi connectivity index (χ0) is 26.6. The number of hydrogen-bond donors (Lipinski definition) is 3. The number of carboxylic acid groups (broad SMARTS) is 2. The molecule has 1 heterocycles. The second kappa shape index (κ2) is 19.3. The zero-order valence-corrected chi connectivity index (χ0v) is 21.4. The molecule has 198 valence electrons. The van der Waals surface area contributed by atoms with Crippen LogP contribution in [-0.2, 0) is 14.4 Å². The van der Waals surface area contributed by atoms with Crippen molar-refractivity contribution in [3.63, 3.8) is 0 Å². The van der Waals surface area contributed by atoms with E-state index in [1.165, 1.54) is 0 Å². The minimum Gasteiger partial charge on any atom is -0.480 e. The van der Waals surface area contributed by atoms with Crippen LogP contribution in [0.4, 0.5) is 5.69 Å². The van der Waals surface area contributed by atoms with Crippen LogP contribution in [0.5, 0.6) is 0 Å². The van der Waals surface area contributed by atoms with E-state index >= 15 is 0 Å². The predicted octanol–water partition coefficient (Wildman–Crippen LogP) is 0.413. The fraction of sp³-hybridized carbons (Fsp3) is 0.583. The minimum absolute atomic E-state index is 0.140. The van der Waals surface area contributed by atoms with Crippen molar-refractivity contribution < 1.29 is 29.4 Å². The van der Waals surface area contributed by atoms with E-state index in [0.29, 0.717) is 57.9 Å². The van der Waals surface area contributed by atoms with Crippen LogP contribution in [0, 0.1) is 0 Å². The first kappa shape index (κ1) is 32.0. The van der Waals surface area contributed by atoms with E-state index in [4.69, 9.17) is 5.11 Å². The van der Waals surface area contributed by atoms with Gasteiger partial charge in [0, 0.05) is 63.6 Å². The molecule has 0 spiro atoms. The lowest BCUT2D eigenvalue weighted by molar-refractivity contribution is -0.140. The number of carboxylic acids is 2. The molecule has 0 atom stereocenters. The van der Waals surface area contributed by atoms with Crippen LogP contribution in [-0.4, -0.2) is 129 Å². The van der Waals surface area contributed by atoms with Crippen molar-refractivity contribution in [2.45, 2.75) is 13.8 Å². The third kappa shape index (κ3) is 14.1. The SMILES string of the molecule is CC.CNC.O=Cc1ccc(N2CCN(C=O)CCN(CC(=O)O)CCN(CC(=O)O)CC2)cc1. The van der Waals surface area contributed by atoms with Crippen molar-refractivity contribution in [2.75, 3.05) is 84.4 Å². The van der Waals surface area contributed by atoms with Crippen molar-refractivity contribution in [3.8, 4) is 0 Å². The molecule has 0 aliphatic carbocycles. The average molecular weight is 496 g/mol. The molecule has 0 radical (unpaired) electrons. The molecule has 11 nitrogen and oxygen atoms in total. The number of aliphatic carboxylic acids is 2. The monoisotopic (exact) mass is 495 g/mol. The molecule has 2 rings (SSSR count). The number of aldehydes is 1. The molecule has 3 N–H and O–H groups in total. The van der Waals surface area contributed by atoms with Gasteiger partial charge in [-0.15, -0.1) is 0 Å². The summed E-state index contributed by atoms with van der Waals surface area (Å²) in [6.07, 6.45) is 1.53. The van der Waals surface area contributed by atoms with E-state index in [-0.39, 0.29) is 13.1 Å². The lowest BCUT2D eigenvalue weighted by atomic mass is 10.2. The molecular weight excluding hydrogens is 454 g/mol. The summed E-state index contributed by atoms with van der Waals surface area (Å²) < 4.78 is 0. The van der Waals surface area contributed by atoms with Crippen molar-refractivity contribution >= 4 is 30.3 Å². The molecule has 0 saturated carbocycles. The summed E-state index contributed by atoms with van der Waals surface area (Å²) in [5.41, 5.74) is 1.44. The third-order valence-electron chi connectivity index (χ3n) is 5.04. The van der Waals surface area contributed by atoms with Gasteiger partial charge in [-0.25, -0.2) is 0 Å². The molecule has 0 unspecified atom stereocenters. The summed E-state index contributed by atoms with van der Waals surface area (Å²) in [6, 6.07) is 7.09. The number of carbonyl (C=O) groups excluding carboxylic acids is 2. The molecule has 35 heavy (non-hydrogen) atoms.